The molecule has 1 aliphatic carbocycles. The third-order valence-electron chi connectivity index (χ3n) is 2.83. The maximum atomic E-state index is 3.70. The zero-order valence-corrected chi connectivity index (χ0v) is 8.63. The highest BCUT2D eigenvalue weighted by molar-refractivity contribution is 5.23. The first-order chi connectivity index (χ1) is 6.38. The predicted octanol–water partition coefficient (Wildman–Crippen LogP) is 4.26. The van der Waals surface area contributed by atoms with E-state index in [9.17, 15) is 0 Å². The maximum Gasteiger partial charge on any atom is -0.0165 e. The summed E-state index contributed by atoms with van der Waals surface area (Å²) in [5.41, 5.74) is 1.50. The molecule has 0 N–H and O–H groups in total. The molecular formula is C13H20. The molecule has 1 fully saturated rings. The van der Waals surface area contributed by atoms with Crippen molar-refractivity contribution in [1.82, 2.24) is 0 Å². The molecule has 0 unspecified atom stereocenters. The molecule has 1 saturated carbocycles. The van der Waals surface area contributed by atoms with E-state index >= 15 is 0 Å². The van der Waals surface area contributed by atoms with Gasteiger partial charge < -0.3 is 0 Å². The lowest BCUT2D eigenvalue weighted by Crippen LogP contribution is -2.07. The fourth-order valence-electron chi connectivity index (χ4n) is 2.08. The summed E-state index contributed by atoms with van der Waals surface area (Å²) in [5, 5.41) is 0. The van der Waals surface area contributed by atoms with Crippen molar-refractivity contribution in [2.75, 3.05) is 0 Å². The molecule has 0 atom stereocenters. The van der Waals surface area contributed by atoms with Crippen LogP contribution in [0.25, 0.3) is 0 Å². The average molecular weight is 176 g/mol. The van der Waals surface area contributed by atoms with Crippen LogP contribution in [0.2, 0.25) is 0 Å². The first-order valence-corrected chi connectivity index (χ1v) is 5.33. The Morgan fingerprint density at radius 1 is 1.23 bits per heavy atom. The summed E-state index contributed by atoms with van der Waals surface area (Å²) < 4.78 is 0. The molecule has 13 heavy (non-hydrogen) atoms. The van der Waals surface area contributed by atoms with Crippen LogP contribution in [-0.2, 0) is 0 Å². The molecule has 1 rings (SSSR count). The minimum atomic E-state index is 0.815. The largest absolute Gasteiger partial charge is 0.0991 e. The second-order valence-corrected chi connectivity index (χ2v) is 3.72. The lowest BCUT2D eigenvalue weighted by molar-refractivity contribution is 0.408. The van der Waals surface area contributed by atoms with Gasteiger partial charge in [0.15, 0.2) is 0 Å². The lowest BCUT2D eigenvalue weighted by atomic mass is 9.83. The van der Waals surface area contributed by atoms with Crippen molar-refractivity contribution in [3.8, 4) is 0 Å². The minimum Gasteiger partial charge on any atom is -0.0991 e. The Balaban J connectivity index is 2.54. The van der Waals surface area contributed by atoms with Crippen LogP contribution in [0.15, 0.2) is 36.5 Å². The molecule has 0 amide bonds. The standard InChI is InChI=1S/C13H20/c1-3-5-9-12(4-2)13-10-7-6-8-11-13/h3-5,9,13H,1,6-8,10-11H2,2H3/b9-5-,12-4+. The molecule has 0 aromatic rings. The van der Waals surface area contributed by atoms with Crippen LogP contribution in [0.4, 0.5) is 0 Å². The summed E-state index contributed by atoms with van der Waals surface area (Å²) in [5.74, 6) is 0.815. The van der Waals surface area contributed by atoms with Gasteiger partial charge in [-0.1, -0.05) is 50.1 Å². The van der Waals surface area contributed by atoms with Gasteiger partial charge in [0.2, 0.25) is 0 Å². The molecule has 0 bridgehead atoms. The molecule has 0 radical (unpaired) electrons. The van der Waals surface area contributed by atoms with Crippen LogP contribution in [0.5, 0.6) is 0 Å². The van der Waals surface area contributed by atoms with E-state index in [1.807, 2.05) is 12.2 Å². The second-order valence-electron chi connectivity index (χ2n) is 3.72. The van der Waals surface area contributed by atoms with Crippen LogP contribution in [0, 0.1) is 5.92 Å². The number of hydrogen-bond acceptors (Lipinski definition) is 0. The summed E-state index contributed by atoms with van der Waals surface area (Å²) in [4.78, 5) is 0. The van der Waals surface area contributed by atoms with Gasteiger partial charge in [-0.25, -0.2) is 0 Å². The quantitative estimate of drug-likeness (QED) is 0.564. The third kappa shape index (κ3) is 3.22. The van der Waals surface area contributed by atoms with Crippen molar-refractivity contribution < 1.29 is 0 Å². The van der Waals surface area contributed by atoms with E-state index in [1.165, 1.54) is 37.7 Å². The number of hydrogen-bond donors (Lipinski definition) is 0. The molecule has 0 nitrogen and oxygen atoms in total. The van der Waals surface area contributed by atoms with Crippen molar-refractivity contribution >= 4 is 0 Å². The molecule has 0 aromatic carbocycles. The van der Waals surface area contributed by atoms with E-state index in [4.69, 9.17) is 0 Å². The monoisotopic (exact) mass is 176 g/mol. The Labute approximate surface area is 82.0 Å². The van der Waals surface area contributed by atoms with Crippen LogP contribution in [0.3, 0.4) is 0 Å². The van der Waals surface area contributed by atoms with E-state index in [0.29, 0.717) is 0 Å². The lowest BCUT2D eigenvalue weighted by Gasteiger charge is -2.22. The van der Waals surface area contributed by atoms with E-state index in [2.05, 4.69) is 25.7 Å². The smallest absolute Gasteiger partial charge is 0.0165 e. The van der Waals surface area contributed by atoms with Crippen molar-refractivity contribution in [3.05, 3.63) is 36.5 Å². The van der Waals surface area contributed by atoms with Crippen LogP contribution < -0.4 is 0 Å². The normalized spacial score (nSPS) is 20.8. The van der Waals surface area contributed by atoms with Crippen LogP contribution >= 0.6 is 0 Å². The summed E-state index contributed by atoms with van der Waals surface area (Å²) in [6.07, 6.45) is 15.4. The molecule has 0 saturated heterocycles. The summed E-state index contributed by atoms with van der Waals surface area (Å²) in [7, 11) is 0. The van der Waals surface area contributed by atoms with Gasteiger partial charge in [-0.3, -0.25) is 0 Å². The highest BCUT2D eigenvalue weighted by atomic mass is 14.2. The zero-order valence-electron chi connectivity index (χ0n) is 8.63. The fourth-order valence-corrected chi connectivity index (χ4v) is 2.08. The topological polar surface area (TPSA) is 0 Å². The first-order valence-electron chi connectivity index (χ1n) is 5.33. The van der Waals surface area contributed by atoms with E-state index in [1.54, 1.807) is 0 Å². The summed E-state index contributed by atoms with van der Waals surface area (Å²) >= 11 is 0. The maximum absolute atomic E-state index is 3.70. The van der Waals surface area contributed by atoms with E-state index < -0.39 is 0 Å². The Morgan fingerprint density at radius 2 is 1.92 bits per heavy atom. The molecule has 0 aromatic heterocycles. The molecule has 0 aliphatic heterocycles. The Kier molecular flexibility index (Phi) is 4.59. The number of rotatable bonds is 3. The molecule has 1 aliphatic rings. The van der Waals surface area contributed by atoms with Crippen molar-refractivity contribution in [2.24, 2.45) is 5.92 Å². The van der Waals surface area contributed by atoms with Crippen molar-refractivity contribution in [2.45, 2.75) is 39.0 Å². The third-order valence-corrected chi connectivity index (χ3v) is 2.83. The number of allylic oxidation sites excluding steroid dienone is 5. The first kappa shape index (κ1) is 10.3. The van der Waals surface area contributed by atoms with Crippen LogP contribution in [0.1, 0.15) is 39.0 Å². The zero-order chi connectivity index (χ0) is 9.52. The Hall–Kier alpha value is -0.780. The molecule has 0 spiro atoms. The Morgan fingerprint density at radius 3 is 2.46 bits per heavy atom. The van der Waals surface area contributed by atoms with Gasteiger partial charge in [-0.2, -0.15) is 0 Å². The van der Waals surface area contributed by atoms with E-state index in [-0.39, 0.29) is 0 Å². The Bertz CT molecular complexity index is 202. The van der Waals surface area contributed by atoms with Crippen LogP contribution in [-0.4, -0.2) is 0 Å². The van der Waals surface area contributed by atoms with Gasteiger partial charge in [0.1, 0.15) is 0 Å². The molecule has 0 heteroatoms. The minimum absolute atomic E-state index is 0.815. The van der Waals surface area contributed by atoms with Gasteiger partial charge in [-0.15, -0.1) is 0 Å². The molecular weight excluding hydrogens is 156 g/mol. The van der Waals surface area contributed by atoms with Gasteiger partial charge in [0.25, 0.3) is 0 Å². The van der Waals surface area contributed by atoms with Gasteiger partial charge >= 0.3 is 0 Å². The molecule has 72 valence electrons. The van der Waals surface area contributed by atoms with Crippen molar-refractivity contribution in [3.63, 3.8) is 0 Å². The predicted molar refractivity (Wildman–Crippen MR) is 59.7 cm³/mol. The fraction of sp³-hybridized carbons (Fsp3) is 0.538. The SMILES string of the molecule is C=C/C=C\C(=C/C)C1CCCCC1. The molecule has 0 heterocycles. The second kappa shape index (κ2) is 5.80. The highest BCUT2D eigenvalue weighted by Crippen LogP contribution is 2.30. The van der Waals surface area contributed by atoms with Gasteiger partial charge in [-0.05, 0) is 31.3 Å². The van der Waals surface area contributed by atoms with Crippen molar-refractivity contribution in [1.29, 1.82) is 0 Å². The summed E-state index contributed by atoms with van der Waals surface area (Å²) in [6.45, 7) is 5.83. The van der Waals surface area contributed by atoms with Gasteiger partial charge in [0.05, 0.1) is 0 Å². The average Bonchev–Trinajstić information content (AvgIpc) is 2.21. The van der Waals surface area contributed by atoms with E-state index in [0.717, 1.165) is 5.92 Å². The highest BCUT2D eigenvalue weighted by Gasteiger charge is 2.14. The van der Waals surface area contributed by atoms with Gasteiger partial charge in [0, 0.05) is 0 Å². The summed E-state index contributed by atoms with van der Waals surface area (Å²) in [6, 6.07) is 0.